The summed E-state index contributed by atoms with van der Waals surface area (Å²) < 4.78 is 11.2. The van der Waals surface area contributed by atoms with Crippen molar-refractivity contribution in [1.82, 2.24) is 10.3 Å². The van der Waals surface area contributed by atoms with Gasteiger partial charge in [-0.2, -0.15) is 0 Å². The number of furan rings is 1. The highest BCUT2D eigenvalue weighted by molar-refractivity contribution is 7.13. The fourth-order valence-corrected chi connectivity index (χ4v) is 3.25. The molecule has 4 nitrogen and oxygen atoms in total. The van der Waals surface area contributed by atoms with E-state index in [0.717, 1.165) is 21.9 Å². The molecule has 1 atom stereocenters. The Morgan fingerprint density at radius 3 is 2.67 bits per heavy atom. The molecule has 0 saturated carbocycles. The van der Waals surface area contributed by atoms with Crippen molar-refractivity contribution in [2.75, 3.05) is 0 Å². The van der Waals surface area contributed by atoms with E-state index in [-0.39, 0.29) is 6.04 Å². The molecular formula is C19H16N2O2S. The number of nitrogens with one attached hydrogen (secondary N) is 1. The Morgan fingerprint density at radius 2 is 1.92 bits per heavy atom. The van der Waals surface area contributed by atoms with Crippen LogP contribution in [0.1, 0.15) is 23.1 Å². The van der Waals surface area contributed by atoms with Crippen molar-refractivity contribution in [2.24, 2.45) is 0 Å². The van der Waals surface area contributed by atoms with E-state index in [1.54, 1.807) is 23.9 Å². The van der Waals surface area contributed by atoms with E-state index in [9.17, 15) is 0 Å². The van der Waals surface area contributed by atoms with Crippen molar-refractivity contribution in [2.45, 2.75) is 12.6 Å². The number of benzene rings is 1. The van der Waals surface area contributed by atoms with Gasteiger partial charge in [0, 0.05) is 6.54 Å². The van der Waals surface area contributed by atoms with Gasteiger partial charge in [0.2, 0.25) is 5.89 Å². The van der Waals surface area contributed by atoms with Crippen LogP contribution in [0.5, 0.6) is 0 Å². The summed E-state index contributed by atoms with van der Waals surface area (Å²) in [7, 11) is 0. The Balaban J connectivity index is 1.52. The van der Waals surface area contributed by atoms with Crippen LogP contribution in [0.3, 0.4) is 0 Å². The van der Waals surface area contributed by atoms with Crippen LogP contribution in [0.25, 0.3) is 10.8 Å². The van der Waals surface area contributed by atoms with Gasteiger partial charge in [-0.3, -0.25) is 5.32 Å². The summed E-state index contributed by atoms with van der Waals surface area (Å²) >= 11 is 1.62. The second-order valence-corrected chi connectivity index (χ2v) is 6.31. The molecule has 0 aliphatic heterocycles. The average molecular weight is 336 g/mol. The summed E-state index contributed by atoms with van der Waals surface area (Å²) in [5.74, 6) is 1.54. The van der Waals surface area contributed by atoms with Gasteiger partial charge >= 0.3 is 0 Å². The first-order valence-corrected chi connectivity index (χ1v) is 8.58. The van der Waals surface area contributed by atoms with E-state index in [2.05, 4.69) is 22.4 Å². The van der Waals surface area contributed by atoms with Gasteiger partial charge in [0.05, 0.1) is 22.9 Å². The lowest BCUT2D eigenvalue weighted by Gasteiger charge is -2.16. The topological polar surface area (TPSA) is 51.2 Å². The highest BCUT2D eigenvalue weighted by atomic mass is 32.1. The summed E-state index contributed by atoms with van der Waals surface area (Å²) in [6.45, 7) is 0.592. The van der Waals surface area contributed by atoms with Crippen LogP contribution in [0.4, 0.5) is 0 Å². The Labute approximate surface area is 143 Å². The molecule has 0 spiro atoms. The van der Waals surface area contributed by atoms with E-state index in [0.29, 0.717) is 12.4 Å². The van der Waals surface area contributed by atoms with Crippen LogP contribution >= 0.6 is 11.3 Å². The zero-order chi connectivity index (χ0) is 16.2. The second kappa shape index (κ2) is 6.86. The number of rotatable bonds is 6. The van der Waals surface area contributed by atoms with Crippen molar-refractivity contribution >= 4 is 11.3 Å². The van der Waals surface area contributed by atoms with Crippen LogP contribution in [-0.2, 0) is 6.54 Å². The molecule has 0 aliphatic rings. The molecule has 4 rings (SSSR count). The van der Waals surface area contributed by atoms with E-state index >= 15 is 0 Å². The summed E-state index contributed by atoms with van der Waals surface area (Å²) in [6, 6.07) is 18.1. The fraction of sp³-hybridized carbons (Fsp3) is 0.105. The normalized spacial score (nSPS) is 12.3. The third kappa shape index (κ3) is 3.18. The molecule has 120 valence electrons. The summed E-state index contributed by atoms with van der Waals surface area (Å²) in [5, 5.41) is 5.51. The first-order chi connectivity index (χ1) is 11.9. The van der Waals surface area contributed by atoms with E-state index < -0.39 is 0 Å². The quantitative estimate of drug-likeness (QED) is 0.545. The highest BCUT2D eigenvalue weighted by Crippen LogP contribution is 2.25. The van der Waals surface area contributed by atoms with Crippen LogP contribution in [0, 0.1) is 0 Å². The number of hydrogen-bond donors (Lipinski definition) is 1. The molecular weight excluding hydrogens is 320 g/mol. The SMILES string of the molecule is c1ccc([C@@H](NCc2coc(-c3cccs3)n2)c2ccco2)cc1. The maximum Gasteiger partial charge on any atom is 0.236 e. The van der Waals surface area contributed by atoms with Gasteiger partial charge in [0.1, 0.15) is 12.0 Å². The summed E-state index contributed by atoms with van der Waals surface area (Å²) in [5.41, 5.74) is 2.01. The van der Waals surface area contributed by atoms with E-state index in [1.807, 2.05) is 47.8 Å². The summed E-state index contributed by atoms with van der Waals surface area (Å²) in [4.78, 5) is 5.58. The molecule has 4 aromatic rings. The Kier molecular flexibility index (Phi) is 4.27. The zero-order valence-corrected chi connectivity index (χ0v) is 13.7. The molecule has 0 radical (unpaired) electrons. The summed E-state index contributed by atoms with van der Waals surface area (Å²) in [6.07, 6.45) is 3.39. The Bertz CT molecular complexity index is 867. The predicted molar refractivity (Wildman–Crippen MR) is 93.6 cm³/mol. The smallest absolute Gasteiger partial charge is 0.236 e. The third-order valence-corrected chi connectivity index (χ3v) is 4.59. The van der Waals surface area contributed by atoms with Crippen LogP contribution in [0.2, 0.25) is 0 Å². The van der Waals surface area contributed by atoms with Crippen molar-refractivity contribution in [1.29, 1.82) is 0 Å². The lowest BCUT2D eigenvalue weighted by molar-refractivity contribution is 0.444. The monoisotopic (exact) mass is 336 g/mol. The van der Waals surface area contributed by atoms with Gasteiger partial charge in [-0.05, 0) is 29.1 Å². The number of thiophene rings is 1. The van der Waals surface area contributed by atoms with Gasteiger partial charge in [0.15, 0.2) is 0 Å². The molecule has 0 saturated heterocycles. The average Bonchev–Trinajstić information content (AvgIpc) is 3.38. The van der Waals surface area contributed by atoms with Crippen molar-refractivity contribution < 1.29 is 8.83 Å². The maximum atomic E-state index is 5.60. The second-order valence-electron chi connectivity index (χ2n) is 5.36. The molecule has 1 N–H and O–H groups in total. The standard InChI is InChI=1S/C19H16N2O2S/c1-2-6-14(7-3-1)18(16-8-4-10-22-16)20-12-15-13-23-19(21-15)17-9-5-11-24-17/h1-11,13,18,20H,12H2/t18-/m1/s1. The molecule has 5 heteroatoms. The van der Waals surface area contributed by atoms with Crippen molar-refractivity contribution in [3.8, 4) is 10.8 Å². The first kappa shape index (κ1) is 14.9. The number of nitrogens with zero attached hydrogens (tertiary/aromatic N) is 1. The Morgan fingerprint density at radius 1 is 1.00 bits per heavy atom. The molecule has 1 aromatic carbocycles. The minimum absolute atomic E-state index is 0.0249. The lowest BCUT2D eigenvalue weighted by Crippen LogP contribution is -2.21. The number of oxazole rings is 1. The fourth-order valence-electron chi connectivity index (χ4n) is 2.59. The maximum absolute atomic E-state index is 5.60. The van der Waals surface area contributed by atoms with Gasteiger partial charge in [-0.1, -0.05) is 36.4 Å². The molecule has 24 heavy (non-hydrogen) atoms. The molecule has 3 heterocycles. The van der Waals surface area contributed by atoms with Crippen LogP contribution < -0.4 is 5.32 Å². The van der Waals surface area contributed by atoms with Gasteiger partial charge < -0.3 is 8.83 Å². The first-order valence-electron chi connectivity index (χ1n) is 7.70. The minimum Gasteiger partial charge on any atom is -0.467 e. The lowest BCUT2D eigenvalue weighted by atomic mass is 10.0. The third-order valence-electron chi connectivity index (χ3n) is 3.73. The van der Waals surface area contributed by atoms with Gasteiger partial charge in [-0.15, -0.1) is 11.3 Å². The van der Waals surface area contributed by atoms with E-state index in [4.69, 9.17) is 8.83 Å². The van der Waals surface area contributed by atoms with Crippen LogP contribution in [0.15, 0.2) is 81.3 Å². The molecule has 0 unspecified atom stereocenters. The molecule has 3 aromatic heterocycles. The molecule has 0 bridgehead atoms. The molecule has 0 amide bonds. The molecule has 0 fully saturated rings. The van der Waals surface area contributed by atoms with Crippen molar-refractivity contribution in [3.63, 3.8) is 0 Å². The van der Waals surface area contributed by atoms with Crippen LogP contribution in [-0.4, -0.2) is 4.98 Å². The van der Waals surface area contributed by atoms with E-state index in [1.165, 1.54) is 0 Å². The van der Waals surface area contributed by atoms with Gasteiger partial charge in [-0.25, -0.2) is 4.98 Å². The zero-order valence-electron chi connectivity index (χ0n) is 12.9. The molecule has 0 aliphatic carbocycles. The minimum atomic E-state index is -0.0249. The number of aromatic nitrogens is 1. The predicted octanol–water partition coefficient (Wildman–Crippen LogP) is 4.88. The highest BCUT2D eigenvalue weighted by Gasteiger charge is 2.17. The number of hydrogen-bond acceptors (Lipinski definition) is 5. The van der Waals surface area contributed by atoms with Crippen molar-refractivity contribution in [3.05, 3.63) is 89.5 Å². The largest absolute Gasteiger partial charge is 0.467 e. The van der Waals surface area contributed by atoms with Gasteiger partial charge in [0.25, 0.3) is 0 Å². The Hall–Kier alpha value is -2.63.